The Balaban J connectivity index is 2.29. The van der Waals surface area contributed by atoms with Crippen LogP contribution in [0.25, 0.3) is 0 Å². The van der Waals surface area contributed by atoms with Gasteiger partial charge in [-0.2, -0.15) is 13.2 Å². The molecule has 29 heavy (non-hydrogen) atoms. The SMILES string of the molecule is CC(=O)Nc1cc(C(=O)N[C@H](Cc2ccc(Br)cc2)C(=O)O)cc(C(F)(F)F)c1. The van der Waals surface area contributed by atoms with Gasteiger partial charge in [-0.3, -0.25) is 9.59 Å². The zero-order valence-electron chi connectivity index (χ0n) is 15.0. The van der Waals surface area contributed by atoms with Crippen LogP contribution < -0.4 is 10.6 Å². The number of carbonyl (C=O) groups is 3. The molecule has 0 saturated heterocycles. The molecular weight excluding hydrogens is 457 g/mol. The second-order valence-corrected chi connectivity index (χ2v) is 7.09. The number of carboxylic acid groups (broad SMARTS) is 1. The zero-order chi connectivity index (χ0) is 21.8. The molecule has 0 fully saturated rings. The van der Waals surface area contributed by atoms with Crippen LogP contribution in [-0.4, -0.2) is 28.9 Å². The van der Waals surface area contributed by atoms with E-state index in [9.17, 15) is 32.7 Å². The normalized spacial score (nSPS) is 12.2. The lowest BCUT2D eigenvalue weighted by molar-refractivity contribution is -0.139. The van der Waals surface area contributed by atoms with E-state index in [1.807, 2.05) is 0 Å². The maximum Gasteiger partial charge on any atom is 0.416 e. The van der Waals surface area contributed by atoms with Crippen molar-refractivity contribution in [2.75, 3.05) is 5.32 Å². The molecule has 10 heteroatoms. The molecule has 2 aromatic rings. The minimum atomic E-state index is -4.76. The lowest BCUT2D eigenvalue weighted by Crippen LogP contribution is -2.42. The highest BCUT2D eigenvalue weighted by atomic mass is 79.9. The largest absolute Gasteiger partial charge is 0.480 e. The second-order valence-electron chi connectivity index (χ2n) is 6.17. The van der Waals surface area contributed by atoms with Gasteiger partial charge in [-0.15, -0.1) is 0 Å². The van der Waals surface area contributed by atoms with Gasteiger partial charge in [0.2, 0.25) is 5.91 Å². The Morgan fingerprint density at radius 1 is 1.10 bits per heavy atom. The highest BCUT2D eigenvalue weighted by molar-refractivity contribution is 9.10. The Hall–Kier alpha value is -2.88. The van der Waals surface area contributed by atoms with E-state index < -0.39 is 41.1 Å². The highest BCUT2D eigenvalue weighted by Crippen LogP contribution is 2.32. The molecule has 0 unspecified atom stereocenters. The molecule has 2 rings (SSSR count). The molecule has 1 atom stereocenters. The van der Waals surface area contributed by atoms with Gasteiger partial charge in [-0.05, 0) is 35.9 Å². The fraction of sp³-hybridized carbons (Fsp3) is 0.211. The molecule has 0 saturated carbocycles. The monoisotopic (exact) mass is 472 g/mol. The third kappa shape index (κ3) is 6.60. The van der Waals surface area contributed by atoms with E-state index in [-0.39, 0.29) is 12.1 Å². The molecule has 2 aromatic carbocycles. The third-order valence-corrected chi connectivity index (χ3v) is 4.33. The van der Waals surface area contributed by atoms with Gasteiger partial charge >= 0.3 is 12.1 Å². The molecule has 0 aliphatic rings. The van der Waals surface area contributed by atoms with E-state index in [0.717, 1.165) is 17.5 Å². The second kappa shape index (κ2) is 9.08. The molecule has 154 valence electrons. The lowest BCUT2D eigenvalue weighted by Gasteiger charge is -2.16. The summed E-state index contributed by atoms with van der Waals surface area (Å²) in [5.74, 6) is -2.96. The Morgan fingerprint density at radius 3 is 2.24 bits per heavy atom. The standard InChI is InChI=1S/C19H16BrF3N2O4/c1-10(26)24-15-8-12(7-13(9-15)19(21,22)23)17(27)25-16(18(28)29)6-11-2-4-14(20)5-3-11/h2-5,7-9,16H,6H2,1H3,(H,24,26)(H,25,27)(H,28,29)/t16-/m1/s1. The van der Waals surface area contributed by atoms with Crippen molar-refractivity contribution in [1.29, 1.82) is 0 Å². The van der Waals surface area contributed by atoms with E-state index in [4.69, 9.17) is 0 Å². The molecule has 0 bridgehead atoms. The highest BCUT2D eigenvalue weighted by Gasteiger charge is 2.32. The van der Waals surface area contributed by atoms with Gasteiger partial charge in [0.25, 0.3) is 5.91 Å². The molecule has 3 N–H and O–H groups in total. The molecule has 2 amide bonds. The number of amides is 2. The van der Waals surface area contributed by atoms with Crippen molar-refractivity contribution in [2.45, 2.75) is 25.6 Å². The fourth-order valence-electron chi connectivity index (χ4n) is 2.50. The van der Waals surface area contributed by atoms with Crippen molar-refractivity contribution in [2.24, 2.45) is 0 Å². The van der Waals surface area contributed by atoms with Crippen LogP contribution in [0.4, 0.5) is 18.9 Å². The zero-order valence-corrected chi connectivity index (χ0v) is 16.6. The van der Waals surface area contributed by atoms with Gasteiger partial charge in [0.1, 0.15) is 6.04 Å². The summed E-state index contributed by atoms with van der Waals surface area (Å²) in [4.78, 5) is 35.1. The molecule has 0 spiro atoms. The summed E-state index contributed by atoms with van der Waals surface area (Å²) in [6.07, 6.45) is -4.82. The third-order valence-electron chi connectivity index (χ3n) is 3.80. The van der Waals surface area contributed by atoms with Crippen LogP contribution in [-0.2, 0) is 22.2 Å². The van der Waals surface area contributed by atoms with Gasteiger partial charge < -0.3 is 15.7 Å². The van der Waals surface area contributed by atoms with Gasteiger partial charge in [0.15, 0.2) is 0 Å². The summed E-state index contributed by atoms with van der Waals surface area (Å²) in [5, 5.41) is 13.8. The maximum absolute atomic E-state index is 13.1. The quantitative estimate of drug-likeness (QED) is 0.594. The number of halogens is 4. The smallest absolute Gasteiger partial charge is 0.416 e. The van der Waals surface area contributed by atoms with E-state index in [1.54, 1.807) is 24.3 Å². The Morgan fingerprint density at radius 2 is 1.72 bits per heavy atom. The number of nitrogens with one attached hydrogen (secondary N) is 2. The van der Waals surface area contributed by atoms with Crippen molar-refractivity contribution >= 4 is 39.4 Å². The Kier molecular flexibility index (Phi) is 7.02. The number of hydrogen-bond acceptors (Lipinski definition) is 3. The first-order valence-corrected chi connectivity index (χ1v) is 9.03. The number of carbonyl (C=O) groups excluding carboxylic acids is 2. The van der Waals surface area contributed by atoms with Crippen LogP contribution in [0.2, 0.25) is 0 Å². The molecule has 0 aliphatic carbocycles. The van der Waals surface area contributed by atoms with Crippen LogP contribution in [0.5, 0.6) is 0 Å². The first kappa shape index (κ1) is 22.4. The number of aliphatic carboxylic acids is 1. The van der Waals surface area contributed by atoms with Crippen LogP contribution in [0.3, 0.4) is 0 Å². The first-order chi connectivity index (χ1) is 13.5. The van der Waals surface area contributed by atoms with Gasteiger partial charge in [-0.1, -0.05) is 28.1 Å². The number of anilines is 1. The number of alkyl halides is 3. The average Bonchev–Trinajstić information content (AvgIpc) is 2.61. The molecule has 0 radical (unpaired) electrons. The fourth-order valence-corrected chi connectivity index (χ4v) is 2.76. The van der Waals surface area contributed by atoms with Gasteiger partial charge in [0.05, 0.1) is 5.56 Å². The summed E-state index contributed by atoms with van der Waals surface area (Å²) in [6, 6.07) is 7.68. The summed E-state index contributed by atoms with van der Waals surface area (Å²) in [7, 11) is 0. The van der Waals surface area contributed by atoms with Crippen LogP contribution in [0, 0.1) is 0 Å². The van der Waals surface area contributed by atoms with E-state index in [0.29, 0.717) is 17.7 Å². The van der Waals surface area contributed by atoms with Crippen molar-refractivity contribution in [3.63, 3.8) is 0 Å². The Bertz CT molecular complexity index is 930. The molecule has 0 aliphatic heterocycles. The van der Waals surface area contributed by atoms with Crippen molar-refractivity contribution in [3.8, 4) is 0 Å². The molecular formula is C19H16BrF3N2O4. The Labute approximate surface area is 172 Å². The molecule has 6 nitrogen and oxygen atoms in total. The first-order valence-electron chi connectivity index (χ1n) is 8.23. The lowest BCUT2D eigenvalue weighted by atomic mass is 10.0. The number of benzene rings is 2. The summed E-state index contributed by atoms with van der Waals surface area (Å²) >= 11 is 3.25. The summed E-state index contributed by atoms with van der Waals surface area (Å²) in [5.41, 5.74) is -1.18. The summed E-state index contributed by atoms with van der Waals surface area (Å²) in [6.45, 7) is 1.11. The summed E-state index contributed by atoms with van der Waals surface area (Å²) < 4.78 is 40.1. The predicted octanol–water partition coefficient (Wildman–Crippen LogP) is 3.85. The topological polar surface area (TPSA) is 95.5 Å². The van der Waals surface area contributed by atoms with E-state index >= 15 is 0 Å². The maximum atomic E-state index is 13.1. The van der Waals surface area contributed by atoms with E-state index in [2.05, 4.69) is 26.6 Å². The van der Waals surface area contributed by atoms with Crippen molar-refractivity contribution < 1.29 is 32.7 Å². The van der Waals surface area contributed by atoms with Crippen molar-refractivity contribution in [1.82, 2.24) is 5.32 Å². The van der Waals surface area contributed by atoms with Gasteiger partial charge in [0, 0.05) is 29.1 Å². The molecule has 0 aromatic heterocycles. The van der Waals surface area contributed by atoms with Crippen LogP contribution in [0.15, 0.2) is 46.9 Å². The van der Waals surface area contributed by atoms with Crippen LogP contribution >= 0.6 is 15.9 Å². The number of rotatable bonds is 6. The van der Waals surface area contributed by atoms with E-state index in [1.165, 1.54) is 0 Å². The minimum absolute atomic E-state index is 0.0636. The predicted molar refractivity (Wildman–Crippen MR) is 102 cm³/mol. The molecule has 0 heterocycles. The minimum Gasteiger partial charge on any atom is -0.480 e. The van der Waals surface area contributed by atoms with Gasteiger partial charge in [-0.25, -0.2) is 4.79 Å². The van der Waals surface area contributed by atoms with Crippen molar-refractivity contribution in [3.05, 3.63) is 63.6 Å². The van der Waals surface area contributed by atoms with Crippen LogP contribution in [0.1, 0.15) is 28.4 Å². The average molecular weight is 473 g/mol. The number of carboxylic acids is 1. The number of hydrogen-bond donors (Lipinski definition) is 3.